The summed E-state index contributed by atoms with van der Waals surface area (Å²) in [5, 5.41) is 3.93. The van der Waals surface area contributed by atoms with E-state index >= 15 is 0 Å². The number of fused-ring (bicyclic) bond motifs is 1. The predicted molar refractivity (Wildman–Crippen MR) is 90.8 cm³/mol. The van der Waals surface area contributed by atoms with Gasteiger partial charge in [0.1, 0.15) is 11.3 Å². The van der Waals surface area contributed by atoms with E-state index in [0.717, 1.165) is 29.8 Å². The van der Waals surface area contributed by atoms with E-state index in [2.05, 4.69) is 10.2 Å². The Morgan fingerprint density at radius 3 is 2.75 bits per heavy atom. The first-order chi connectivity index (χ1) is 11.8. The summed E-state index contributed by atoms with van der Waals surface area (Å²) >= 11 is 0. The first-order valence-corrected chi connectivity index (χ1v) is 8.35. The summed E-state index contributed by atoms with van der Waals surface area (Å²) in [6.07, 6.45) is 4.06. The van der Waals surface area contributed by atoms with Crippen LogP contribution in [0.1, 0.15) is 35.2 Å². The zero-order valence-electron chi connectivity index (χ0n) is 13.4. The third-order valence-electron chi connectivity index (χ3n) is 4.56. The van der Waals surface area contributed by atoms with Crippen molar-refractivity contribution in [1.29, 1.82) is 0 Å². The van der Waals surface area contributed by atoms with Crippen molar-refractivity contribution >= 4 is 16.9 Å². The molecular formula is C19H20N2O3. The number of para-hydroxylation sites is 1. The van der Waals surface area contributed by atoms with Gasteiger partial charge in [0.25, 0.3) is 5.91 Å². The van der Waals surface area contributed by atoms with Crippen LogP contribution in [0.4, 0.5) is 0 Å². The van der Waals surface area contributed by atoms with Gasteiger partial charge in [-0.3, -0.25) is 9.69 Å². The number of carbonyl (C=O) groups excluding carboxylic acids is 1. The summed E-state index contributed by atoms with van der Waals surface area (Å²) < 4.78 is 11.2. The summed E-state index contributed by atoms with van der Waals surface area (Å²) in [4.78, 5) is 14.8. The van der Waals surface area contributed by atoms with E-state index in [9.17, 15) is 4.79 Å². The summed E-state index contributed by atoms with van der Waals surface area (Å²) in [6, 6.07) is 13.3. The van der Waals surface area contributed by atoms with Gasteiger partial charge >= 0.3 is 0 Å². The van der Waals surface area contributed by atoms with Crippen molar-refractivity contribution in [3.8, 4) is 0 Å². The molecule has 24 heavy (non-hydrogen) atoms. The second-order valence-corrected chi connectivity index (χ2v) is 6.13. The topological polar surface area (TPSA) is 58.6 Å². The Kier molecular flexibility index (Phi) is 4.09. The molecule has 2 aromatic heterocycles. The van der Waals surface area contributed by atoms with Crippen molar-refractivity contribution in [2.45, 2.75) is 18.9 Å². The number of hydrogen-bond donors (Lipinski definition) is 1. The molecule has 1 atom stereocenters. The van der Waals surface area contributed by atoms with Gasteiger partial charge in [0.05, 0.1) is 12.3 Å². The van der Waals surface area contributed by atoms with E-state index in [1.165, 1.54) is 12.8 Å². The van der Waals surface area contributed by atoms with Crippen molar-refractivity contribution in [1.82, 2.24) is 10.2 Å². The van der Waals surface area contributed by atoms with Crippen molar-refractivity contribution in [2.24, 2.45) is 0 Å². The average Bonchev–Trinajstić information content (AvgIpc) is 3.35. The fraction of sp³-hybridized carbons (Fsp3) is 0.316. The van der Waals surface area contributed by atoms with Gasteiger partial charge in [0.2, 0.25) is 0 Å². The smallest absolute Gasteiger partial charge is 0.287 e. The van der Waals surface area contributed by atoms with Crippen LogP contribution in [0.2, 0.25) is 0 Å². The molecule has 1 N–H and O–H groups in total. The Hall–Kier alpha value is -2.53. The Bertz CT molecular complexity index is 783. The molecule has 0 unspecified atom stereocenters. The largest absolute Gasteiger partial charge is 0.468 e. The van der Waals surface area contributed by atoms with Gasteiger partial charge in [0.15, 0.2) is 5.76 Å². The van der Waals surface area contributed by atoms with Crippen molar-refractivity contribution in [3.05, 3.63) is 60.2 Å². The molecule has 0 bridgehead atoms. The lowest BCUT2D eigenvalue weighted by atomic mass is 10.2. The maximum absolute atomic E-state index is 12.4. The summed E-state index contributed by atoms with van der Waals surface area (Å²) in [5.74, 6) is 1.04. The molecule has 0 saturated carbocycles. The molecule has 1 fully saturated rings. The van der Waals surface area contributed by atoms with Gasteiger partial charge in [-0.2, -0.15) is 0 Å². The molecule has 3 aromatic rings. The molecule has 0 aliphatic carbocycles. The molecule has 4 rings (SSSR count). The number of likely N-dealkylation sites (tertiary alicyclic amines) is 1. The third-order valence-corrected chi connectivity index (χ3v) is 4.56. The summed E-state index contributed by atoms with van der Waals surface area (Å²) in [5.41, 5.74) is 0.727. The average molecular weight is 324 g/mol. The lowest BCUT2D eigenvalue weighted by Crippen LogP contribution is -2.36. The molecule has 1 saturated heterocycles. The lowest BCUT2D eigenvalue weighted by Gasteiger charge is -2.25. The van der Waals surface area contributed by atoms with Crippen molar-refractivity contribution in [2.75, 3.05) is 19.6 Å². The molecule has 1 amide bonds. The number of nitrogens with one attached hydrogen (secondary N) is 1. The first-order valence-electron chi connectivity index (χ1n) is 8.35. The van der Waals surface area contributed by atoms with E-state index in [1.54, 1.807) is 12.3 Å². The predicted octanol–water partition coefficient (Wildman–Crippen LogP) is 3.59. The highest BCUT2D eigenvalue weighted by molar-refractivity contribution is 5.96. The van der Waals surface area contributed by atoms with Crippen LogP contribution in [0.3, 0.4) is 0 Å². The van der Waals surface area contributed by atoms with E-state index in [1.807, 2.05) is 36.4 Å². The van der Waals surface area contributed by atoms with Crippen LogP contribution in [-0.4, -0.2) is 30.4 Å². The van der Waals surface area contributed by atoms with Crippen LogP contribution in [0.15, 0.2) is 57.6 Å². The molecule has 1 aliphatic rings. The highest BCUT2D eigenvalue weighted by Crippen LogP contribution is 2.25. The SMILES string of the molecule is O=C(NC[C@@H](c1ccco1)N1CCCC1)c1cc2ccccc2o1. The number of amides is 1. The quantitative estimate of drug-likeness (QED) is 0.779. The van der Waals surface area contributed by atoms with Crippen LogP contribution in [0.5, 0.6) is 0 Å². The fourth-order valence-corrected chi connectivity index (χ4v) is 3.31. The van der Waals surface area contributed by atoms with Crippen LogP contribution in [0.25, 0.3) is 11.0 Å². The van der Waals surface area contributed by atoms with Gasteiger partial charge < -0.3 is 14.2 Å². The number of nitrogens with zero attached hydrogens (tertiary/aromatic N) is 1. The zero-order chi connectivity index (χ0) is 16.4. The highest BCUT2D eigenvalue weighted by Gasteiger charge is 2.26. The number of hydrogen-bond acceptors (Lipinski definition) is 4. The van der Waals surface area contributed by atoms with Crippen molar-refractivity contribution < 1.29 is 13.6 Å². The molecule has 124 valence electrons. The van der Waals surface area contributed by atoms with Crippen LogP contribution in [-0.2, 0) is 0 Å². The standard InChI is InChI=1S/C19H20N2O3/c22-19(18-12-14-6-1-2-7-16(14)24-18)20-13-15(17-8-5-11-23-17)21-9-3-4-10-21/h1-2,5-8,11-12,15H,3-4,9-10,13H2,(H,20,22)/t15-/m0/s1. The van der Waals surface area contributed by atoms with Gasteiger partial charge in [-0.1, -0.05) is 18.2 Å². The molecule has 1 aliphatic heterocycles. The van der Waals surface area contributed by atoms with Gasteiger partial charge in [0, 0.05) is 11.9 Å². The molecule has 5 heteroatoms. The van der Waals surface area contributed by atoms with Crippen molar-refractivity contribution in [3.63, 3.8) is 0 Å². The molecule has 0 spiro atoms. The first kappa shape index (κ1) is 15.0. The molecule has 5 nitrogen and oxygen atoms in total. The zero-order valence-corrected chi connectivity index (χ0v) is 13.4. The number of rotatable bonds is 5. The second-order valence-electron chi connectivity index (χ2n) is 6.13. The number of furan rings is 2. The van der Waals surface area contributed by atoms with Crippen LogP contribution in [0, 0.1) is 0 Å². The van der Waals surface area contributed by atoms with Gasteiger partial charge in [-0.15, -0.1) is 0 Å². The van der Waals surface area contributed by atoms with Gasteiger partial charge in [-0.05, 0) is 50.2 Å². The summed E-state index contributed by atoms with van der Waals surface area (Å²) in [7, 11) is 0. The van der Waals surface area contributed by atoms with E-state index in [4.69, 9.17) is 8.83 Å². The number of carbonyl (C=O) groups is 1. The Morgan fingerprint density at radius 2 is 2.00 bits per heavy atom. The number of benzene rings is 1. The monoisotopic (exact) mass is 324 g/mol. The van der Waals surface area contributed by atoms with Crippen LogP contribution < -0.4 is 5.32 Å². The Morgan fingerprint density at radius 1 is 1.17 bits per heavy atom. The normalized spacial score (nSPS) is 16.5. The minimum absolute atomic E-state index is 0.0656. The molecule has 3 heterocycles. The third kappa shape index (κ3) is 2.95. The highest BCUT2D eigenvalue weighted by atomic mass is 16.3. The minimum Gasteiger partial charge on any atom is -0.468 e. The lowest BCUT2D eigenvalue weighted by molar-refractivity contribution is 0.0908. The second kappa shape index (κ2) is 6.53. The minimum atomic E-state index is -0.193. The molecular weight excluding hydrogens is 304 g/mol. The Balaban J connectivity index is 1.48. The van der Waals surface area contributed by atoms with Crippen LogP contribution >= 0.6 is 0 Å². The molecule has 0 radical (unpaired) electrons. The maximum atomic E-state index is 12.4. The Labute approximate surface area is 140 Å². The van der Waals surface area contributed by atoms with E-state index < -0.39 is 0 Å². The fourth-order valence-electron chi connectivity index (χ4n) is 3.31. The van der Waals surface area contributed by atoms with E-state index in [0.29, 0.717) is 12.3 Å². The van der Waals surface area contributed by atoms with Gasteiger partial charge in [-0.25, -0.2) is 0 Å². The summed E-state index contributed by atoms with van der Waals surface area (Å²) in [6.45, 7) is 2.57. The van der Waals surface area contributed by atoms with E-state index in [-0.39, 0.29) is 11.9 Å². The molecule has 1 aromatic carbocycles. The maximum Gasteiger partial charge on any atom is 0.287 e.